The molecule has 0 bridgehead atoms. The van der Waals surface area contributed by atoms with Crippen molar-refractivity contribution in [3.63, 3.8) is 0 Å². The van der Waals surface area contributed by atoms with E-state index in [0.717, 1.165) is 24.0 Å². The summed E-state index contributed by atoms with van der Waals surface area (Å²) in [5, 5.41) is 5.06. The molecule has 6 heteroatoms. The molecular weight excluding hydrogens is 240 g/mol. The lowest BCUT2D eigenvalue weighted by Crippen LogP contribution is -2.14. The lowest BCUT2D eigenvalue weighted by molar-refractivity contribution is -0.118. The van der Waals surface area contributed by atoms with E-state index in [9.17, 15) is 13.2 Å². The van der Waals surface area contributed by atoms with E-state index in [1.165, 1.54) is 6.07 Å². The molecule has 1 aliphatic rings. The van der Waals surface area contributed by atoms with Gasteiger partial charge in [0.2, 0.25) is 15.9 Å². The largest absolute Gasteiger partial charge is 0.370 e. The van der Waals surface area contributed by atoms with Gasteiger partial charge in [0.25, 0.3) is 0 Å². The van der Waals surface area contributed by atoms with E-state index in [1.807, 2.05) is 0 Å². The van der Waals surface area contributed by atoms with Crippen molar-refractivity contribution in [3.05, 3.63) is 29.3 Å². The van der Waals surface area contributed by atoms with Crippen molar-refractivity contribution in [2.45, 2.75) is 30.1 Å². The van der Waals surface area contributed by atoms with E-state index in [4.69, 9.17) is 10.9 Å². The number of primary sulfonamides is 1. The Morgan fingerprint density at radius 2 is 2.12 bits per heavy atom. The first kappa shape index (κ1) is 12.1. The monoisotopic (exact) mass is 254 g/mol. The molecule has 2 rings (SSSR count). The Kier molecular flexibility index (Phi) is 2.92. The number of hydrogen-bond donors (Lipinski definition) is 2. The van der Waals surface area contributed by atoms with Crippen LogP contribution in [0, 0.1) is 0 Å². The van der Waals surface area contributed by atoms with E-state index < -0.39 is 10.0 Å². The van der Waals surface area contributed by atoms with Gasteiger partial charge in [0.05, 0.1) is 4.90 Å². The van der Waals surface area contributed by atoms with E-state index in [2.05, 4.69) is 0 Å². The summed E-state index contributed by atoms with van der Waals surface area (Å²) in [4.78, 5) is 11.0. The van der Waals surface area contributed by atoms with Gasteiger partial charge in [0.15, 0.2) is 0 Å². The van der Waals surface area contributed by atoms with Gasteiger partial charge in [-0.3, -0.25) is 4.79 Å². The van der Waals surface area contributed by atoms with Gasteiger partial charge in [0.1, 0.15) is 0 Å². The topological polar surface area (TPSA) is 103 Å². The molecule has 1 aliphatic carbocycles. The second kappa shape index (κ2) is 4.12. The van der Waals surface area contributed by atoms with Crippen LogP contribution < -0.4 is 10.9 Å². The summed E-state index contributed by atoms with van der Waals surface area (Å²) in [6, 6.07) is 4.80. The molecule has 1 unspecified atom stereocenters. The van der Waals surface area contributed by atoms with Crippen LogP contribution in [0.15, 0.2) is 23.1 Å². The molecule has 1 amide bonds. The Balaban J connectivity index is 2.35. The fourth-order valence-electron chi connectivity index (χ4n) is 2.31. The molecule has 0 heterocycles. The number of benzene rings is 1. The van der Waals surface area contributed by atoms with Crippen molar-refractivity contribution in [2.75, 3.05) is 0 Å². The average Bonchev–Trinajstić information content (AvgIpc) is 2.59. The van der Waals surface area contributed by atoms with Crippen LogP contribution in [0.3, 0.4) is 0 Å². The highest BCUT2D eigenvalue weighted by molar-refractivity contribution is 7.89. The first-order chi connectivity index (χ1) is 7.88. The maximum absolute atomic E-state index is 11.2. The SMILES string of the molecule is NC(=O)CC1CCc2cc(S(N)(=O)=O)ccc21. The lowest BCUT2D eigenvalue weighted by Gasteiger charge is -2.09. The van der Waals surface area contributed by atoms with E-state index in [0.29, 0.717) is 6.42 Å². The van der Waals surface area contributed by atoms with Crippen LogP contribution in [0.25, 0.3) is 0 Å². The van der Waals surface area contributed by atoms with Crippen molar-refractivity contribution in [1.29, 1.82) is 0 Å². The number of carbonyl (C=O) groups is 1. The zero-order chi connectivity index (χ0) is 12.6. The van der Waals surface area contributed by atoms with Crippen molar-refractivity contribution in [2.24, 2.45) is 10.9 Å². The molecule has 0 fully saturated rings. The summed E-state index contributed by atoms with van der Waals surface area (Å²) in [6.45, 7) is 0. The molecule has 4 N–H and O–H groups in total. The van der Waals surface area contributed by atoms with E-state index in [1.54, 1.807) is 12.1 Å². The summed E-state index contributed by atoms with van der Waals surface area (Å²) in [7, 11) is -3.66. The van der Waals surface area contributed by atoms with Crippen LogP contribution in [0.4, 0.5) is 0 Å². The molecule has 1 atom stereocenters. The lowest BCUT2D eigenvalue weighted by atomic mass is 9.98. The standard InChI is InChI=1S/C11H14N2O3S/c12-11(14)6-8-2-1-7-5-9(17(13,15)16)3-4-10(7)8/h3-5,8H,1-2,6H2,(H2,12,14)(H2,13,15,16). The minimum atomic E-state index is -3.66. The van der Waals surface area contributed by atoms with Crippen LogP contribution in [-0.2, 0) is 21.2 Å². The number of carbonyl (C=O) groups excluding carboxylic acids is 1. The summed E-state index contributed by atoms with van der Waals surface area (Å²) in [5.74, 6) is -0.226. The molecule has 0 aromatic heterocycles. The molecule has 0 spiro atoms. The van der Waals surface area contributed by atoms with Gasteiger partial charge in [-0.15, -0.1) is 0 Å². The van der Waals surface area contributed by atoms with Gasteiger partial charge in [-0.25, -0.2) is 13.6 Å². The number of hydrogen-bond acceptors (Lipinski definition) is 3. The molecule has 92 valence electrons. The number of aryl methyl sites for hydroxylation is 1. The van der Waals surface area contributed by atoms with E-state index in [-0.39, 0.29) is 16.7 Å². The number of primary amides is 1. The molecule has 5 nitrogen and oxygen atoms in total. The minimum absolute atomic E-state index is 0.108. The summed E-state index contributed by atoms with van der Waals surface area (Å²) < 4.78 is 22.4. The maximum atomic E-state index is 11.2. The van der Waals surface area contributed by atoms with Gasteiger partial charge < -0.3 is 5.73 Å². The summed E-state index contributed by atoms with van der Waals surface area (Å²) in [6.07, 6.45) is 1.89. The Morgan fingerprint density at radius 1 is 1.41 bits per heavy atom. The fraction of sp³-hybridized carbons (Fsp3) is 0.364. The molecule has 1 aromatic carbocycles. The molecular formula is C11H14N2O3S. The van der Waals surface area contributed by atoms with Crippen LogP contribution in [0.2, 0.25) is 0 Å². The predicted octanol–water partition coefficient (Wildman–Crippen LogP) is 0.239. The number of rotatable bonds is 3. The Labute approximate surface area is 99.9 Å². The molecule has 1 aromatic rings. The first-order valence-corrected chi connectivity index (χ1v) is 6.86. The molecule has 0 radical (unpaired) electrons. The first-order valence-electron chi connectivity index (χ1n) is 5.32. The molecule has 0 aliphatic heterocycles. The maximum Gasteiger partial charge on any atom is 0.238 e. The number of sulfonamides is 1. The van der Waals surface area contributed by atoms with Crippen LogP contribution in [0.1, 0.15) is 29.9 Å². The highest BCUT2D eigenvalue weighted by Crippen LogP contribution is 2.36. The normalized spacial score (nSPS) is 19.0. The van der Waals surface area contributed by atoms with Crippen molar-refractivity contribution >= 4 is 15.9 Å². The molecule has 0 saturated carbocycles. The van der Waals surface area contributed by atoms with Gasteiger partial charge in [0, 0.05) is 6.42 Å². The third-order valence-electron chi connectivity index (χ3n) is 3.09. The number of amides is 1. The second-order valence-electron chi connectivity index (χ2n) is 4.31. The van der Waals surface area contributed by atoms with Crippen molar-refractivity contribution in [1.82, 2.24) is 0 Å². The zero-order valence-corrected chi connectivity index (χ0v) is 10.0. The van der Waals surface area contributed by atoms with Crippen molar-refractivity contribution in [3.8, 4) is 0 Å². The number of fused-ring (bicyclic) bond motifs is 1. The van der Waals surface area contributed by atoms with Gasteiger partial charge in [-0.1, -0.05) is 6.07 Å². The highest BCUT2D eigenvalue weighted by Gasteiger charge is 2.25. The highest BCUT2D eigenvalue weighted by atomic mass is 32.2. The zero-order valence-electron chi connectivity index (χ0n) is 9.22. The van der Waals surface area contributed by atoms with Crippen LogP contribution in [0.5, 0.6) is 0 Å². The molecule has 0 saturated heterocycles. The summed E-state index contributed by atoms with van der Waals surface area (Å²) >= 11 is 0. The van der Waals surface area contributed by atoms with Gasteiger partial charge in [-0.2, -0.15) is 0 Å². The molecule has 17 heavy (non-hydrogen) atoms. The number of nitrogens with two attached hydrogens (primary N) is 2. The fourth-order valence-corrected chi connectivity index (χ4v) is 2.88. The Hall–Kier alpha value is -1.40. The van der Waals surface area contributed by atoms with E-state index >= 15 is 0 Å². The predicted molar refractivity (Wildman–Crippen MR) is 62.7 cm³/mol. The van der Waals surface area contributed by atoms with Gasteiger partial charge >= 0.3 is 0 Å². The van der Waals surface area contributed by atoms with Crippen LogP contribution >= 0.6 is 0 Å². The Bertz CT molecular complexity index is 566. The van der Waals surface area contributed by atoms with Gasteiger partial charge in [-0.05, 0) is 42.0 Å². The second-order valence-corrected chi connectivity index (χ2v) is 5.87. The Morgan fingerprint density at radius 3 is 2.71 bits per heavy atom. The third kappa shape index (κ3) is 2.48. The quantitative estimate of drug-likeness (QED) is 0.807. The minimum Gasteiger partial charge on any atom is -0.370 e. The summed E-state index contributed by atoms with van der Waals surface area (Å²) in [5.41, 5.74) is 7.13. The average molecular weight is 254 g/mol. The van der Waals surface area contributed by atoms with Crippen molar-refractivity contribution < 1.29 is 13.2 Å². The third-order valence-corrected chi connectivity index (χ3v) is 4.00. The van der Waals surface area contributed by atoms with Crippen LogP contribution in [-0.4, -0.2) is 14.3 Å². The smallest absolute Gasteiger partial charge is 0.238 e.